The Balaban J connectivity index is 1.74. The molecule has 7 nitrogen and oxygen atoms in total. The lowest BCUT2D eigenvalue weighted by atomic mass is 10.0. The van der Waals surface area contributed by atoms with E-state index >= 15 is 0 Å². The standard InChI is InChI=1S/C22H29N3O4/c1-3-29-22-8-7-20(25(26)27)14-19(22)15-23-16-21(24-9-11-28-12-10-24)18-6-4-5-17(2)13-18/h4-8,13-14,21,23H,3,9-12,15-16H2,1-2H3. The molecule has 2 aromatic carbocycles. The topological polar surface area (TPSA) is 76.9 Å². The van der Waals surface area contributed by atoms with E-state index in [9.17, 15) is 10.1 Å². The van der Waals surface area contributed by atoms with E-state index in [2.05, 4.69) is 41.4 Å². The SMILES string of the molecule is CCOc1ccc([N+](=O)[O-])cc1CNCC(c1cccc(C)c1)N1CCOCC1. The number of hydrogen-bond donors (Lipinski definition) is 1. The van der Waals surface area contributed by atoms with Crippen LogP contribution in [0.3, 0.4) is 0 Å². The highest BCUT2D eigenvalue weighted by Crippen LogP contribution is 2.26. The van der Waals surface area contributed by atoms with Crippen molar-refractivity contribution >= 4 is 5.69 Å². The third kappa shape index (κ3) is 5.76. The van der Waals surface area contributed by atoms with Crippen LogP contribution in [0.15, 0.2) is 42.5 Å². The minimum atomic E-state index is -0.373. The van der Waals surface area contributed by atoms with E-state index in [0.29, 0.717) is 18.9 Å². The molecule has 1 heterocycles. The first-order chi connectivity index (χ1) is 14.1. The molecule has 0 aliphatic carbocycles. The predicted octanol–water partition coefficient (Wildman–Crippen LogP) is 3.47. The molecule has 1 aliphatic rings. The third-order valence-corrected chi connectivity index (χ3v) is 5.12. The summed E-state index contributed by atoms with van der Waals surface area (Å²) in [4.78, 5) is 13.2. The van der Waals surface area contributed by atoms with Crippen molar-refractivity contribution in [3.8, 4) is 5.75 Å². The van der Waals surface area contributed by atoms with E-state index in [1.807, 2.05) is 6.92 Å². The molecule has 1 saturated heterocycles. The minimum absolute atomic E-state index is 0.0775. The highest BCUT2D eigenvalue weighted by atomic mass is 16.6. The lowest BCUT2D eigenvalue weighted by Gasteiger charge is -2.35. The van der Waals surface area contributed by atoms with E-state index in [-0.39, 0.29) is 16.7 Å². The number of ether oxygens (including phenoxy) is 2. The van der Waals surface area contributed by atoms with Crippen LogP contribution in [-0.2, 0) is 11.3 Å². The van der Waals surface area contributed by atoms with E-state index in [0.717, 1.165) is 38.4 Å². The molecule has 2 aromatic rings. The molecular weight excluding hydrogens is 370 g/mol. The van der Waals surface area contributed by atoms with Crippen molar-refractivity contribution in [2.45, 2.75) is 26.4 Å². The number of nitrogens with zero attached hydrogens (tertiary/aromatic N) is 2. The molecule has 0 spiro atoms. The molecule has 0 bridgehead atoms. The van der Waals surface area contributed by atoms with Crippen LogP contribution < -0.4 is 10.1 Å². The lowest BCUT2D eigenvalue weighted by molar-refractivity contribution is -0.384. The zero-order valence-electron chi connectivity index (χ0n) is 17.1. The van der Waals surface area contributed by atoms with Gasteiger partial charge in [-0.3, -0.25) is 15.0 Å². The Morgan fingerprint density at radius 1 is 1.24 bits per heavy atom. The summed E-state index contributed by atoms with van der Waals surface area (Å²) in [6.45, 7) is 9.02. The Hall–Kier alpha value is -2.48. The van der Waals surface area contributed by atoms with Crippen LogP contribution in [0.5, 0.6) is 5.75 Å². The fraction of sp³-hybridized carbons (Fsp3) is 0.455. The summed E-state index contributed by atoms with van der Waals surface area (Å²) in [6, 6.07) is 13.5. The van der Waals surface area contributed by atoms with Gasteiger partial charge in [0.05, 0.1) is 24.7 Å². The number of non-ortho nitro benzene ring substituents is 1. The lowest BCUT2D eigenvalue weighted by Crippen LogP contribution is -2.42. The highest BCUT2D eigenvalue weighted by molar-refractivity contribution is 5.43. The van der Waals surface area contributed by atoms with Crippen LogP contribution in [0.25, 0.3) is 0 Å². The maximum absolute atomic E-state index is 11.2. The fourth-order valence-corrected chi connectivity index (χ4v) is 3.68. The van der Waals surface area contributed by atoms with Gasteiger partial charge >= 0.3 is 0 Å². The molecule has 1 atom stereocenters. The Labute approximate surface area is 171 Å². The molecule has 0 amide bonds. The summed E-state index contributed by atoms with van der Waals surface area (Å²) < 4.78 is 11.2. The average Bonchev–Trinajstić information content (AvgIpc) is 2.73. The number of hydrogen-bond acceptors (Lipinski definition) is 6. The molecule has 0 radical (unpaired) electrons. The maximum Gasteiger partial charge on any atom is 0.270 e. The van der Waals surface area contributed by atoms with Gasteiger partial charge in [-0.05, 0) is 25.5 Å². The van der Waals surface area contributed by atoms with Gasteiger partial charge in [-0.2, -0.15) is 0 Å². The van der Waals surface area contributed by atoms with Crippen LogP contribution >= 0.6 is 0 Å². The highest BCUT2D eigenvalue weighted by Gasteiger charge is 2.23. The number of nitrogens with one attached hydrogen (secondary N) is 1. The summed E-state index contributed by atoms with van der Waals surface area (Å²) in [5.74, 6) is 0.684. The largest absolute Gasteiger partial charge is 0.494 e. The summed E-state index contributed by atoms with van der Waals surface area (Å²) in [5, 5.41) is 14.7. The average molecular weight is 399 g/mol. The number of nitro groups is 1. The third-order valence-electron chi connectivity index (χ3n) is 5.12. The number of rotatable bonds is 9. The van der Waals surface area contributed by atoms with Gasteiger partial charge in [-0.1, -0.05) is 29.8 Å². The second kappa shape index (κ2) is 10.3. The first-order valence-corrected chi connectivity index (χ1v) is 10.1. The molecule has 3 rings (SSSR count). The fourth-order valence-electron chi connectivity index (χ4n) is 3.68. The van der Waals surface area contributed by atoms with Crippen molar-refractivity contribution in [3.63, 3.8) is 0 Å². The van der Waals surface area contributed by atoms with E-state index in [1.54, 1.807) is 12.1 Å². The van der Waals surface area contributed by atoms with Gasteiger partial charge in [0.1, 0.15) is 5.75 Å². The zero-order chi connectivity index (χ0) is 20.6. The monoisotopic (exact) mass is 399 g/mol. The second-order valence-electron chi connectivity index (χ2n) is 7.19. The van der Waals surface area contributed by atoms with Gasteiger partial charge in [0, 0.05) is 49.9 Å². The van der Waals surface area contributed by atoms with E-state index in [1.165, 1.54) is 17.2 Å². The Morgan fingerprint density at radius 3 is 2.72 bits per heavy atom. The summed E-state index contributed by atoms with van der Waals surface area (Å²) in [6.07, 6.45) is 0. The van der Waals surface area contributed by atoms with Gasteiger partial charge in [0.25, 0.3) is 5.69 Å². The molecule has 7 heteroatoms. The molecule has 1 N–H and O–H groups in total. The molecule has 0 aromatic heterocycles. The van der Waals surface area contributed by atoms with E-state index in [4.69, 9.17) is 9.47 Å². The molecule has 1 aliphatic heterocycles. The predicted molar refractivity (Wildman–Crippen MR) is 112 cm³/mol. The van der Waals surface area contributed by atoms with Gasteiger partial charge < -0.3 is 14.8 Å². The zero-order valence-corrected chi connectivity index (χ0v) is 17.1. The maximum atomic E-state index is 11.2. The number of benzene rings is 2. The summed E-state index contributed by atoms with van der Waals surface area (Å²) >= 11 is 0. The number of aryl methyl sites for hydroxylation is 1. The quantitative estimate of drug-likeness (QED) is 0.514. The van der Waals surface area contributed by atoms with Crippen molar-refractivity contribution in [3.05, 3.63) is 69.3 Å². The van der Waals surface area contributed by atoms with Crippen molar-refractivity contribution in [1.82, 2.24) is 10.2 Å². The van der Waals surface area contributed by atoms with Crippen molar-refractivity contribution in [1.29, 1.82) is 0 Å². The Kier molecular flexibility index (Phi) is 7.57. The van der Waals surface area contributed by atoms with Crippen LogP contribution in [-0.4, -0.2) is 49.3 Å². The Morgan fingerprint density at radius 2 is 2.03 bits per heavy atom. The van der Waals surface area contributed by atoms with Gasteiger partial charge in [0.2, 0.25) is 0 Å². The van der Waals surface area contributed by atoms with Crippen LogP contribution in [0.4, 0.5) is 5.69 Å². The number of morpholine rings is 1. The molecular formula is C22H29N3O4. The molecule has 156 valence electrons. The first-order valence-electron chi connectivity index (χ1n) is 10.1. The number of nitro benzene ring substituents is 1. The minimum Gasteiger partial charge on any atom is -0.494 e. The normalized spacial score (nSPS) is 15.8. The molecule has 1 unspecified atom stereocenters. The summed E-state index contributed by atoms with van der Waals surface area (Å²) in [5.41, 5.74) is 3.38. The van der Waals surface area contributed by atoms with Crippen LogP contribution in [0.2, 0.25) is 0 Å². The van der Waals surface area contributed by atoms with Gasteiger partial charge in [-0.15, -0.1) is 0 Å². The van der Waals surface area contributed by atoms with Gasteiger partial charge in [0.15, 0.2) is 0 Å². The van der Waals surface area contributed by atoms with Crippen LogP contribution in [0.1, 0.15) is 29.7 Å². The summed E-state index contributed by atoms with van der Waals surface area (Å²) in [7, 11) is 0. The Bertz CT molecular complexity index is 821. The molecule has 29 heavy (non-hydrogen) atoms. The smallest absolute Gasteiger partial charge is 0.270 e. The second-order valence-corrected chi connectivity index (χ2v) is 7.19. The van der Waals surface area contributed by atoms with Crippen LogP contribution in [0, 0.1) is 17.0 Å². The van der Waals surface area contributed by atoms with E-state index < -0.39 is 0 Å². The first kappa shape index (κ1) is 21.2. The molecule has 1 fully saturated rings. The van der Waals surface area contributed by atoms with Crippen molar-refractivity contribution < 1.29 is 14.4 Å². The van der Waals surface area contributed by atoms with Crippen molar-refractivity contribution in [2.75, 3.05) is 39.5 Å². The van der Waals surface area contributed by atoms with Crippen molar-refractivity contribution in [2.24, 2.45) is 0 Å². The molecule has 0 saturated carbocycles. The van der Waals surface area contributed by atoms with Gasteiger partial charge in [-0.25, -0.2) is 0 Å².